The summed E-state index contributed by atoms with van der Waals surface area (Å²) in [5.74, 6) is 0.487. The number of para-hydroxylation sites is 1. The van der Waals surface area contributed by atoms with Gasteiger partial charge in [0, 0.05) is 11.1 Å². The van der Waals surface area contributed by atoms with Crippen LogP contribution in [0.2, 0.25) is 0 Å². The highest BCUT2D eigenvalue weighted by molar-refractivity contribution is 5.84. The predicted molar refractivity (Wildman–Crippen MR) is 77.6 cm³/mol. The summed E-state index contributed by atoms with van der Waals surface area (Å²) < 4.78 is 0. The van der Waals surface area contributed by atoms with E-state index in [0.29, 0.717) is 17.2 Å². The van der Waals surface area contributed by atoms with Gasteiger partial charge in [-0.2, -0.15) is 0 Å². The van der Waals surface area contributed by atoms with E-state index in [1.807, 2.05) is 44.2 Å². The van der Waals surface area contributed by atoms with Crippen molar-refractivity contribution in [3.05, 3.63) is 53.3 Å². The molecule has 4 heteroatoms. The number of aryl methyl sites for hydroxylation is 2. The van der Waals surface area contributed by atoms with Gasteiger partial charge in [-0.15, -0.1) is 0 Å². The maximum Gasteiger partial charge on any atom is 0.179 e. The number of rotatable bonds is 2. The van der Waals surface area contributed by atoms with Gasteiger partial charge in [-0.3, -0.25) is 4.79 Å². The molecular weight excluding hydrogens is 250 g/mol. The molecule has 4 nitrogen and oxygen atoms in total. The largest absolute Gasteiger partial charge is 0.296 e. The number of fused-ring (bicyclic) bond motifs is 1. The summed E-state index contributed by atoms with van der Waals surface area (Å²) in [5, 5.41) is 1.11. The Morgan fingerprint density at radius 1 is 1.00 bits per heavy atom. The van der Waals surface area contributed by atoms with E-state index in [-0.39, 0.29) is 0 Å². The van der Waals surface area contributed by atoms with Crippen molar-refractivity contribution in [2.24, 2.45) is 0 Å². The molecule has 0 atom stereocenters. The van der Waals surface area contributed by atoms with Gasteiger partial charge in [-0.05, 0) is 37.6 Å². The van der Waals surface area contributed by atoms with Crippen molar-refractivity contribution in [2.45, 2.75) is 13.8 Å². The van der Waals surface area contributed by atoms with Crippen LogP contribution >= 0.6 is 0 Å². The molecule has 0 fully saturated rings. The number of benzene rings is 1. The molecule has 0 amide bonds. The second kappa shape index (κ2) is 4.81. The van der Waals surface area contributed by atoms with Crippen molar-refractivity contribution < 1.29 is 4.79 Å². The Morgan fingerprint density at radius 2 is 1.80 bits per heavy atom. The number of aromatic nitrogens is 3. The van der Waals surface area contributed by atoms with Gasteiger partial charge in [0.15, 0.2) is 12.1 Å². The Labute approximate surface area is 116 Å². The average Bonchev–Trinajstić information content (AvgIpc) is 2.46. The molecule has 0 spiro atoms. The number of nitrogens with zero attached hydrogens (tertiary/aromatic N) is 3. The van der Waals surface area contributed by atoms with Crippen molar-refractivity contribution in [3.63, 3.8) is 0 Å². The molecule has 2 heterocycles. The highest BCUT2D eigenvalue weighted by Gasteiger charge is 2.09. The highest BCUT2D eigenvalue weighted by atomic mass is 16.1. The van der Waals surface area contributed by atoms with Gasteiger partial charge < -0.3 is 0 Å². The van der Waals surface area contributed by atoms with Crippen LogP contribution in [0.5, 0.6) is 0 Å². The van der Waals surface area contributed by atoms with Gasteiger partial charge in [0.05, 0.1) is 5.52 Å². The van der Waals surface area contributed by atoms with Crippen molar-refractivity contribution in [2.75, 3.05) is 0 Å². The van der Waals surface area contributed by atoms with Crippen LogP contribution in [-0.4, -0.2) is 21.2 Å². The number of aldehydes is 1. The first-order valence-corrected chi connectivity index (χ1v) is 6.35. The third-order valence-electron chi connectivity index (χ3n) is 3.15. The third kappa shape index (κ3) is 2.16. The molecule has 0 bridgehead atoms. The zero-order valence-electron chi connectivity index (χ0n) is 11.3. The molecule has 0 radical (unpaired) electrons. The lowest BCUT2D eigenvalue weighted by Crippen LogP contribution is -1.99. The molecule has 3 rings (SSSR count). The second-order valence-corrected chi connectivity index (χ2v) is 4.72. The molecule has 0 aliphatic carbocycles. The van der Waals surface area contributed by atoms with Crippen LogP contribution in [0, 0.1) is 13.8 Å². The molecule has 0 aliphatic rings. The number of carbonyl (C=O) groups excluding carboxylic acids is 1. The molecule has 0 saturated carbocycles. The van der Waals surface area contributed by atoms with Crippen LogP contribution in [0.15, 0.2) is 36.4 Å². The van der Waals surface area contributed by atoms with Crippen molar-refractivity contribution >= 4 is 17.2 Å². The Bertz CT molecular complexity index is 812. The van der Waals surface area contributed by atoms with E-state index in [2.05, 4.69) is 15.0 Å². The SMILES string of the molecule is Cc1cc(C=O)nc(-c2cc(C)c3ccccc3n2)n1. The summed E-state index contributed by atoms with van der Waals surface area (Å²) in [6.45, 7) is 3.87. The zero-order valence-corrected chi connectivity index (χ0v) is 11.3. The zero-order chi connectivity index (χ0) is 14.1. The normalized spacial score (nSPS) is 10.7. The van der Waals surface area contributed by atoms with E-state index in [4.69, 9.17) is 0 Å². The Balaban J connectivity index is 2.24. The Kier molecular flexibility index (Phi) is 2.99. The first-order chi connectivity index (χ1) is 9.67. The second-order valence-electron chi connectivity index (χ2n) is 4.72. The third-order valence-corrected chi connectivity index (χ3v) is 3.15. The summed E-state index contributed by atoms with van der Waals surface area (Å²) >= 11 is 0. The van der Waals surface area contributed by atoms with Gasteiger partial charge in [0.25, 0.3) is 0 Å². The molecule has 20 heavy (non-hydrogen) atoms. The minimum Gasteiger partial charge on any atom is -0.296 e. The topological polar surface area (TPSA) is 55.7 Å². The standard InChI is InChI=1S/C16H13N3O/c1-10-7-15(19-14-6-4-3-5-13(10)14)16-17-11(2)8-12(9-20)18-16/h3-9H,1-2H3. The van der Waals surface area contributed by atoms with Gasteiger partial charge in [-0.25, -0.2) is 15.0 Å². The molecule has 0 aliphatic heterocycles. The molecule has 2 aromatic heterocycles. The Morgan fingerprint density at radius 3 is 2.60 bits per heavy atom. The van der Waals surface area contributed by atoms with Crippen LogP contribution in [0.25, 0.3) is 22.4 Å². The fourth-order valence-electron chi connectivity index (χ4n) is 2.23. The lowest BCUT2D eigenvalue weighted by atomic mass is 10.1. The van der Waals surface area contributed by atoms with E-state index in [0.717, 1.165) is 28.4 Å². The van der Waals surface area contributed by atoms with Crippen molar-refractivity contribution in [1.82, 2.24) is 15.0 Å². The fraction of sp³-hybridized carbons (Fsp3) is 0.125. The van der Waals surface area contributed by atoms with Crippen LogP contribution in [-0.2, 0) is 0 Å². The summed E-state index contributed by atoms with van der Waals surface area (Å²) in [6, 6.07) is 11.5. The minimum absolute atomic E-state index is 0.375. The summed E-state index contributed by atoms with van der Waals surface area (Å²) in [6.07, 6.45) is 0.728. The monoisotopic (exact) mass is 263 g/mol. The van der Waals surface area contributed by atoms with Crippen LogP contribution in [0.4, 0.5) is 0 Å². The maximum atomic E-state index is 10.9. The highest BCUT2D eigenvalue weighted by Crippen LogP contribution is 2.22. The fourth-order valence-corrected chi connectivity index (χ4v) is 2.23. The quantitative estimate of drug-likeness (QED) is 0.666. The maximum absolute atomic E-state index is 10.9. The molecule has 3 aromatic rings. The Hall–Kier alpha value is -2.62. The van der Waals surface area contributed by atoms with Gasteiger partial charge >= 0.3 is 0 Å². The van der Waals surface area contributed by atoms with Gasteiger partial charge in [-0.1, -0.05) is 18.2 Å². The van der Waals surface area contributed by atoms with Crippen LogP contribution in [0.1, 0.15) is 21.7 Å². The average molecular weight is 263 g/mol. The van der Waals surface area contributed by atoms with Gasteiger partial charge in [0.2, 0.25) is 0 Å². The number of pyridine rings is 1. The van der Waals surface area contributed by atoms with Crippen LogP contribution in [0.3, 0.4) is 0 Å². The van der Waals surface area contributed by atoms with E-state index >= 15 is 0 Å². The smallest absolute Gasteiger partial charge is 0.179 e. The van der Waals surface area contributed by atoms with E-state index in [1.165, 1.54) is 0 Å². The summed E-state index contributed by atoms with van der Waals surface area (Å²) in [5.41, 5.74) is 3.83. The van der Waals surface area contributed by atoms with E-state index in [1.54, 1.807) is 6.07 Å². The lowest BCUT2D eigenvalue weighted by Gasteiger charge is -2.06. The molecule has 0 N–H and O–H groups in total. The van der Waals surface area contributed by atoms with Crippen molar-refractivity contribution in [3.8, 4) is 11.5 Å². The minimum atomic E-state index is 0.375. The number of carbonyl (C=O) groups is 1. The lowest BCUT2D eigenvalue weighted by molar-refractivity contribution is 0.111. The van der Waals surface area contributed by atoms with Gasteiger partial charge in [0.1, 0.15) is 11.4 Å². The molecular formula is C16H13N3O. The van der Waals surface area contributed by atoms with Crippen LogP contribution < -0.4 is 0 Å². The summed E-state index contributed by atoms with van der Waals surface area (Å²) in [7, 11) is 0. The van der Waals surface area contributed by atoms with E-state index in [9.17, 15) is 4.79 Å². The number of hydrogen-bond donors (Lipinski definition) is 0. The van der Waals surface area contributed by atoms with E-state index < -0.39 is 0 Å². The first kappa shape index (κ1) is 12.4. The molecule has 0 unspecified atom stereocenters. The summed E-state index contributed by atoms with van der Waals surface area (Å²) in [4.78, 5) is 24.1. The molecule has 1 aromatic carbocycles. The van der Waals surface area contributed by atoms with Crippen molar-refractivity contribution in [1.29, 1.82) is 0 Å². The molecule has 98 valence electrons. The first-order valence-electron chi connectivity index (χ1n) is 6.35. The predicted octanol–water partition coefficient (Wildman–Crippen LogP) is 3.12. The molecule has 0 saturated heterocycles. The number of hydrogen-bond acceptors (Lipinski definition) is 4.